The summed E-state index contributed by atoms with van der Waals surface area (Å²) < 4.78 is 11.7. The zero-order valence-electron chi connectivity index (χ0n) is 11.8. The summed E-state index contributed by atoms with van der Waals surface area (Å²) in [6, 6.07) is 10.1. The van der Waals surface area contributed by atoms with Gasteiger partial charge < -0.3 is 14.5 Å². The monoisotopic (exact) mass is 321 g/mol. The SMILES string of the molecule is CNCC[C@H](Oc1cccc2ccoc12)c1ccsc1.S. The largest absolute Gasteiger partial charge is 0.482 e. The minimum atomic E-state index is 0. The normalized spacial score (nSPS) is 12.0. The van der Waals surface area contributed by atoms with Crippen molar-refractivity contribution in [1.29, 1.82) is 0 Å². The van der Waals surface area contributed by atoms with Crippen LogP contribution >= 0.6 is 24.8 Å². The fourth-order valence-corrected chi connectivity index (χ4v) is 2.94. The van der Waals surface area contributed by atoms with E-state index in [4.69, 9.17) is 9.15 Å². The third-order valence-corrected chi connectivity index (χ3v) is 3.99. The highest BCUT2D eigenvalue weighted by atomic mass is 32.1. The van der Waals surface area contributed by atoms with Gasteiger partial charge in [-0.25, -0.2) is 0 Å². The number of ether oxygens (including phenoxy) is 1. The maximum absolute atomic E-state index is 6.21. The Labute approximate surface area is 135 Å². The highest BCUT2D eigenvalue weighted by molar-refractivity contribution is 7.59. The van der Waals surface area contributed by atoms with Crippen LogP contribution in [0.3, 0.4) is 0 Å². The van der Waals surface area contributed by atoms with Gasteiger partial charge in [0, 0.05) is 17.4 Å². The molecular formula is C16H19NO2S2. The van der Waals surface area contributed by atoms with Crippen LogP contribution in [0.2, 0.25) is 0 Å². The van der Waals surface area contributed by atoms with E-state index in [1.165, 1.54) is 5.56 Å². The lowest BCUT2D eigenvalue weighted by Gasteiger charge is -2.18. The molecule has 0 fully saturated rings. The van der Waals surface area contributed by atoms with Crippen molar-refractivity contribution in [2.24, 2.45) is 0 Å². The molecule has 0 aliphatic heterocycles. The van der Waals surface area contributed by atoms with Crippen molar-refractivity contribution in [2.75, 3.05) is 13.6 Å². The van der Waals surface area contributed by atoms with Crippen LogP contribution in [-0.2, 0) is 0 Å². The summed E-state index contributed by atoms with van der Waals surface area (Å²) in [5, 5.41) is 8.47. The Bertz CT molecular complexity index is 664. The van der Waals surface area contributed by atoms with E-state index in [0.717, 1.165) is 29.7 Å². The molecule has 3 rings (SSSR count). The van der Waals surface area contributed by atoms with Gasteiger partial charge >= 0.3 is 0 Å². The van der Waals surface area contributed by atoms with Crippen LogP contribution in [0, 0.1) is 0 Å². The molecule has 0 unspecified atom stereocenters. The first-order valence-electron chi connectivity index (χ1n) is 6.68. The van der Waals surface area contributed by atoms with E-state index >= 15 is 0 Å². The Morgan fingerprint density at radius 1 is 1.29 bits per heavy atom. The first-order chi connectivity index (χ1) is 9.88. The number of thiophene rings is 1. The van der Waals surface area contributed by atoms with Crippen molar-refractivity contribution >= 4 is 35.8 Å². The van der Waals surface area contributed by atoms with Crippen LogP contribution < -0.4 is 10.1 Å². The zero-order chi connectivity index (χ0) is 13.8. The highest BCUT2D eigenvalue weighted by Crippen LogP contribution is 2.32. The van der Waals surface area contributed by atoms with E-state index in [9.17, 15) is 0 Å². The second-order valence-corrected chi connectivity index (χ2v) is 5.43. The van der Waals surface area contributed by atoms with Gasteiger partial charge in [0.15, 0.2) is 11.3 Å². The van der Waals surface area contributed by atoms with Crippen molar-refractivity contribution < 1.29 is 9.15 Å². The summed E-state index contributed by atoms with van der Waals surface area (Å²) in [6.07, 6.45) is 2.67. The summed E-state index contributed by atoms with van der Waals surface area (Å²) in [6.45, 7) is 0.911. The quantitative estimate of drug-likeness (QED) is 0.733. The Morgan fingerprint density at radius 3 is 2.95 bits per heavy atom. The fraction of sp³-hybridized carbons (Fsp3) is 0.250. The van der Waals surface area contributed by atoms with E-state index in [-0.39, 0.29) is 19.6 Å². The predicted molar refractivity (Wildman–Crippen MR) is 92.8 cm³/mol. The molecule has 0 saturated heterocycles. The summed E-state index contributed by atoms with van der Waals surface area (Å²) in [7, 11) is 1.96. The molecule has 0 radical (unpaired) electrons. The third-order valence-electron chi connectivity index (χ3n) is 3.28. The van der Waals surface area contributed by atoms with Gasteiger partial charge in [0.1, 0.15) is 6.10 Å². The van der Waals surface area contributed by atoms with Crippen LogP contribution in [0.1, 0.15) is 18.1 Å². The van der Waals surface area contributed by atoms with E-state index in [1.807, 2.05) is 31.3 Å². The maximum atomic E-state index is 6.21. The average molecular weight is 321 g/mol. The fourth-order valence-electron chi connectivity index (χ4n) is 2.24. The molecule has 3 aromatic rings. The standard InChI is InChI=1S/C16H17NO2S.H2S/c1-17-8-5-14(13-7-10-20-11-13)19-15-4-2-3-12-6-9-18-16(12)15;/h2-4,6-7,9-11,14,17H,5,8H2,1H3;1H2/t14-;/m0./s1. The summed E-state index contributed by atoms with van der Waals surface area (Å²) in [4.78, 5) is 0. The lowest BCUT2D eigenvalue weighted by molar-refractivity contribution is 0.196. The second kappa shape index (κ2) is 7.54. The van der Waals surface area contributed by atoms with Crippen molar-refractivity contribution in [2.45, 2.75) is 12.5 Å². The van der Waals surface area contributed by atoms with Crippen LogP contribution in [0.25, 0.3) is 11.0 Å². The van der Waals surface area contributed by atoms with Gasteiger partial charge in [0.25, 0.3) is 0 Å². The average Bonchev–Trinajstić information content (AvgIpc) is 3.14. The second-order valence-electron chi connectivity index (χ2n) is 4.65. The number of para-hydroxylation sites is 1. The minimum absolute atomic E-state index is 0. The number of furan rings is 1. The third kappa shape index (κ3) is 3.61. The van der Waals surface area contributed by atoms with Crippen molar-refractivity contribution in [1.82, 2.24) is 5.32 Å². The van der Waals surface area contributed by atoms with Gasteiger partial charge in [-0.05, 0) is 42.6 Å². The van der Waals surface area contributed by atoms with Crippen molar-refractivity contribution in [3.8, 4) is 5.75 Å². The van der Waals surface area contributed by atoms with E-state index in [2.05, 4.69) is 22.1 Å². The molecule has 0 aliphatic rings. The van der Waals surface area contributed by atoms with Crippen LogP contribution in [0.5, 0.6) is 5.75 Å². The molecule has 2 heterocycles. The van der Waals surface area contributed by atoms with Gasteiger partial charge in [-0.15, -0.1) is 0 Å². The van der Waals surface area contributed by atoms with Crippen LogP contribution in [0.15, 0.2) is 51.8 Å². The molecule has 1 N–H and O–H groups in total. The van der Waals surface area contributed by atoms with Gasteiger partial charge in [-0.3, -0.25) is 0 Å². The Hall–Kier alpha value is -1.43. The Balaban J connectivity index is 0.00000161. The topological polar surface area (TPSA) is 34.4 Å². The molecule has 3 nitrogen and oxygen atoms in total. The number of hydrogen-bond acceptors (Lipinski definition) is 4. The number of fused-ring (bicyclic) bond motifs is 1. The Kier molecular flexibility index (Phi) is 5.73. The number of nitrogens with one attached hydrogen (secondary N) is 1. The molecule has 0 aliphatic carbocycles. The first-order valence-corrected chi connectivity index (χ1v) is 7.62. The van der Waals surface area contributed by atoms with Crippen LogP contribution in [0.4, 0.5) is 0 Å². The summed E-state index contributed by atoms with van der Waals surface area (Å²) in [5.41, 5.74) is 2.03. The van der Waals surface area contributed by atoms with Crippen molar-refractivity contribution in [3.63, 3.8) is 0 Å². The molecule has 1 aromatic carbocycles. The molecule has 0 bridgehead atoms. The van der Waals surface area contributed by atoms with E-state index in [0.29, 0.717) is 0 Å². The van der Waals surface area contributed by atoms with Gasteiger partial charge in [-0.1, -0.05) is 12.1 Å². The highest BCUT2D eigenvalue weighted by Gasteiger charge is 2.16. The zero-order valence-corrected chi connectivity index (χ0v) is 13.7. The number of rotatable bonds is 6. The lowest BCUT2D eigenvalue weighted by Crippen LogP contribution is -2.15. The summed E-state index contributed by atoms with van der Waals surface area (Å²) in [5.74, 6) is 0.805. The van der Waals surface area contributed by atoms with Crippen LogP contribution in [-0.4, -0.2) is 13.6 Å². The predicted octanol–water partition coefficient (Wildman–Crippen LogP) is 4.34. The van der Waals surface area contributed by atoms with Crippen molar-refractivity contribution in [3.05, 3.63) is 52.9 Å². The molecule has 0 saturated carbocycles. The molecule has 1 atom stereocenters. The molecule has 2 aromatic heterocycles. The molecule has 0 spiro atoms. The smallest absolute Gasteiger partial charge is 0.175 e. The number of benzene rings is 1. The molecule has 0 amide bonds. The lowest BCUT2D eigenvalue weighted by atomic mass is 10.1. The minimum Gasteiger partial charge on any atom is -0.482 e. The molecule has 5 heteroatoms. The molecular weight excluding hydrogens is 302 g/mol. The van der Waals surface area contributed by atoms with E-state index in [1.54, 1.807) is 17.6 Å². The number of hydrogen-bond donors (Lipinski definition) is 1. The first kappa shape index (κ1) is 15.9. The van der Waals surface area contributed by atoms with E-state index < -0.39 is 0 Å². The summed E-state index contributed by atoms with van der Waals surface area (Å²) >= 11 is 1.69. The van der Waals surface area contributed by atoms with Gasteiger partial charge in [-0.2, -0.15) is 24.8 Å². The van der Waals surface area contributed by atoms with Gasteiger partial charge in [0.2, 0.25) is 0 Å². The Morgan fingerprint density at radius 2 is 2.19 bits per heavy atom. The molecule has 21 heavy (non-hydrogen) atoms. The maximum Gasteiger partial charge on any atom is 0.175 e. The van der Waals surface area contributed by atoms with Gasteiger partial charge in [0.05, 0.1) is 6.26 Å². The molecule has 112 valence electrons.